The van der Waals surface area contributed by atoms with E-state index in [4.69, 9.17) is 0 Å². The Morgan fingerprint density at radius 1 is 0.353 bits per heavy atom. The Morgan fingerprint density at radius 3 is 1.00 bits per heavy atom. The summed E-state index contributed by atoms with van der Waals surface area (Å²) in [5.41, 5.74) is 0. The molecular weight excluding hydrogens is 478 g/mol. The van der Waals surface area contributed by atoms with Gasteiger partial charge in [0.25, 0.3) is 0 Å². The van der Waals surface area contributed by atoms with Crippen molar-refractivity contribution in [1.29, 1.82) is 0 Å². The van der Waals surface area contributed by atoms with E-state index in [1.54, 1.807) is 0 Å². The second kappa shape index (κ2) is 28.0. The predicted molar refractivity (Wildman–Crippen MR) is 153 cm³/mol. The van der Waals surface area contributed by atoms with Crippen molar-refractivity contribution in [2.45, 2.75) is 188 Å². The van der Waals surface area contributed by atoms with Gasteiger partial charge >= 0.3 is 0 Å². The molecule has 0 rings (SSSR count). The van der Waals surface area contributed by atoms with E-state index in [0.717, 1.165) is 6.04 Å². The molecule has 1 atom stereocenters. The summed E-state index contributed by atoms with van der Waals surface area (Å²) in [6, 6.07) is 0.928. The van der Waals surface area contributed by atoms with Gasteiger partial charge < -0.3 is 21.5 Å². The first-order chi connectivity index (χ1) is 16.2. The molecule has 0 radical (unpaired) electrons. The van der Waals surface area contributed by atoms with Gasteiger partial charge in [0.1, 0.15) is 0 Å². The number of rotatable bonds is 27. The molecule has 2 heteroatoms. The van der Waals surface area contributed by atoms with E-state index in [1.807, 2.05) is 0 Å². The summed E-state index contributed by atoms with van der Waals surface area (Å²) in [6.45, 7) is 16.2. The standard InChI is InChI=1S/C32H68N.BrH/c1-6-11-15-16-17-18-19-20-21-22-23-24-25-26-28-32(27-10-5)33(29-12-7-2,30-13-8-3)31-14-9-4;/h32H,6-31H2,1-5H3;1H/q+1;/p-1. The summed E-state index contributed by atoms with van der Waals surface area (Å²) in [5, 5.41) is 0. The van der Waals surface area contributed by atoms with Crippen molar-refractivity contribution >= 4 is 0 Å². The van der Waals surface area contributed by atoms with E-state index in [-0.39, 0.29) is 17.0 Å². The number of nitrogens with zero attached hydrogens (tertiary/aromatic N) is 1. The van der Waals surface area contributed by atoms with Gasteiger partial charge in [-0.3, -0.25) is 0 Å². The second-order valence-corrected chi connectivity index (χ2v) is 11.3. The van der Waals surface area contributed by atoms with Crippen LogP contribution in [0.3, 0.4) is 0 Å². The van der Waals surface area contributed by atoms with Gasteiger partial charge in [-0.15, -0.1) is 0 Å². The molecule has 0 heterocycles. The lowest BCUT2D eigenvalue weighted by Gasteiger charge is -2.46. The lowest BCUT2D eigenvalue weighted by atomic mass is 9.96. The fraction of sp³-hybridized carbons (Fsp3) is 1.00. The Kier molecular flexibility index (Phi) is 30.2. The van der Waals surface area contributed by atoms with E-state index in [0.29, 0.717) is 0 Å². The van der Waals surface area contributed by atoms with Crippen LogP contribution in [0.25, 0.3) is 0 Å². The lowest BCUT2D eigenvalue weighted by molar-refractivity contribution is -0.952. The van der Waals surface area contributed by atoms with Crippen LogP contribution >= 0.6 is 0 Å². The number of unbranched alkanes of at least 4 members (excludes halogenated alkanes) is 16. The van der Waals surface area contributed by atoms with Crippen LogP contribution in [0.4, 0.5) is 0 Å². The van der Waals surface area contributed by atoms with Crippen LogP contribution in [0.1, 0.15) is 182 Å². The van der Waals surface area contributed by atoms with E-state index < -0.39 is 0 Å². The molecule has 34 heavy (non-hydrogen) atoms. The quantitative estimate of drug-likeness (QED) is 0.0719. The van der Waals surface area contributed by atoms with Crippen LogP contribution in [0, 0.1) is 0 Å². The minimum Gasteiger partial charge on any atom is -1.00 e. The van der Waals surface area contributed by atoms with Gasteiger partial charge in [0, 0.05) is 0 Å². The smallest absolute Gasteiger partial charge is 0.0890 e. The first-order valence-electron chi connectivity index (χ1n) is 16.1. The van der Waals surface area contributed by atoms with Gasteiger partial charge in [-0.2, -0.15) is 0 Å². The largest absolute Gasteiger partial charge is 1.00 e. The Morgan fingerprint density at radius 2 is 0.676 bits per heavy atom. The highest BCUT2D eigenvalue weighted by atomic mass is 79.9. The highest BCUT2D eigenvalue weighted by molar-refractivity contribution is 4.64. The topological polar surface area (TPSA) is 0 Å². The SMILES string of the molecule is CCCCCCCCCCCCCCCCC(CCC)[N+](CCCC)(CCCC)CCCC.[Br-]. The third-order valence-corrected chi connectivity index (χ3v) is 8.16. The molecule has 0 spiro atoms. The molecule has 0 fully saturated rings. The van der Waals surface area contributed by atoms with Crippen molar-refractivity contribution in [3.05, 3.63) is 0 Å². The van der Waals surface area contributed by atoms with Gasteiger partial charge in [-0.05, 0) is 38.5 Å². The maximum atomic E-state index is 2.42. The summed E-state index contributed by atoms with van der Waals surface area (Å²) in [6.07, 6.45) is 33.2. The van der Waals surface area contributed by atoms with Crippen molar-refractivity contribution in [3.63, 3.8) is 0 Å². The first-order valence-corrected chi connectivity index (χ1v) is 16.1. The molecule has 0 aromatic rings. The molecule has 208 valence electrons. The fourth-order valence-corrected chi connectivity index (χ4v) is 5.90. The number of hydrogen-bond acceptors (Lipinski definition) is 0. The van der Waals surface area contributed by atoms with Crippen molar-refractivity contribution in [2.24, 2.45) is 0 Å². The van der Waals surface area contributed by atoms with E-state index in [1.165, 1.54) is 172 Å². The van der Waals surface area contributed by atoms with Crippen molar-refractivity contribution in [1.82, 2.24) is 0 Å². The van der Waals surface area contributed by atoms with Gasteiger partial charge in [-0.25, -0.2) is 0 Å². The second-order valence-electron chi connectivity index (χ2n) is 11.3. The molecule has 0 saturated heterocycles. The molecule has 0 N–H and O–H groups in total. The Labute approximate surface area is 229 Å². The van der Waals surface area contributed by atoms with E-state index in [9.17, 15) is 0 Å². The van der Waals surface area contributed by atoms with Gasteiger partial charge in [0.2, 0.25) is 0 Å². The average molecular weight is 547 g/mol. The van der Waals surface area contributed by atoms with Crippen LogP contribution in [-0.2, 0) is 0 Å². The monoisotopic (exact) mass is 545 g/mol. The molecule has 0 bridgehead atoms. The van der Waals surface area contributed by atoms with Crippen LogP contribution in [0.2, 0.25) is 0 Å². The normalized spacial score (nSPS) is 12.6. The Balaban J connectivity index is 0. The minimum absolute atomic E-state index is 0. The van der Waals surface area contributed by atoms with Crippen LogP contribution in [0.5, 0.6) is 0 Å². The zero-order valence-electron chi connectivity index (χ0n) is 24.8. The summed E-state index contributed by atoms with van der Waals surface area (Å²) in [4.78, 5) is 0. The molecular formula is C32H68BrN. The van der Waals surface area contributed by atoms with Crippen molar-refractivity contribution in [2.75, 3.05) is 19.6 Å². The van der Waals surface area contributed by atoms with E-state index in [2.05, 4.69) is 34.6 Å². The molecule has 1 unspecified atom stereocenters. The minimum atomic E-state index is 0. The zero-order chi connectivity index (χ0) is 24.5. The molecule has 0 aromatic carbocycles. The van der Waals surface area contributed by atoms with Crippen LogP contribution in [-0.4, -0.2) is 30.2 Å². The molecule has 0 aliphatic carbocycles. The van der Waals surface area contributed by atoms with Crippen molar-refractivity contribution in [3.8, 4) is 0 Å². The average Bonchev–Trinajstić information content (AvgIpc) is 2.83. The molecule has 1 nitrogen and oxygen atoms in total. The predicted octanol–water partition coefficient (Wildman–Crippen LogP) is 8.25. The first kappa shape index (κ1) is 36.6. The summed E-state index contributed by atoms with van der Waals surface area (Å²) < 4.78 is 1.46. The molecule has 0 saturated carbocycles. The van der Waals surface area contributed by atoms with E-state index >= 15 is 0 Å². The maximum absolute atomic E-state index is 2.42. The molecule has 0 aromatic heterocycles. The van der Waals surface area contributed by atoms with Gasteiger partial charge in [0.15, 0.2) is 0 Å². The number of quaternary nitrogens is 1. The Hall–Kier alpha value is 0.440. The number of halogens is 1. The molecule has 0 amide bonds. The van der Waals surface area contributed by atoms with Crippen LogP contribution in [0.15, 0.2) is 0 Å². The van der Waals surface area contributed by atoms with Crippen molar-refractivity contribution < 1.29 is 21.5 Å². The Bertz CT molecular complexity index is 348. The summed E-state index contributed by atoms with van der Waals surface area (Å²) in [7, 11) is 0. The molecule has 0 aliphatic heterocycles. The third-order valence-electron chi connectivity index (χ3n) is 8.16. The highest BCUT2D eigenvalue weighted by Gasteiger charge is 2.34. The summed E-state index contributed by atoms with van der Waals surface area (Å²) >= 11 is 0. The number of hydrogen-bond donors (Lipinski definition) is 0. The van der Waals surface area contributed by atoms with Crippen LogP contribution < -0.4 is 17.0 Å². The summed E-state index contributed by atoms with van der Waals surface area (Å²) in [5.74, 6) is 0. The lowest BCUT2D eigenvalue weighted by Crippen LogP contribution is -3.00. The van der Waals surface area contributed by atoms with Gasteiger partial charge in [0.05, 0.1) is 25.7 Å². The molecule has 0 aliphatic rings. The maximum Gasteiger partial charge on any atom is 0.0890 e. The third kappa shape index (κ3) is 19.6. The van der Waals surface area contributed by atoms with Gasteiger partial charge in [-0.1, -0.05) is 144 Å². The zero-order valence-corrected chi connectivity index (χ0v) is 26.4. The fourth-order valence-electron chi connectivity index (χ4n) is 5.90. The highest BCUT2D eigenvalue weighted by Crippen LogP contribution is 2.27.